The molecule has 8 nitrogen and oxygen atoms in total. The number of aliphatic hydroxyl groups is 1. The number of nitrogens with one attached hydrogen (secondary N) is 2. The number of ether oxygens (including phenoxy) is 1. The van der Waals surface area contributed by atoms with Crippen LogP contribution in [0.3, 0.4) is 0 Å². The zero-order valence-electron chi connectivity index (χ0n) is 25.0. The molecule has 0 radical (unpaired) electrons. The Morgan fingerprint density at radius 3 is 2.15 bits per heavy atom. The molecule has 2 rings (SSSR count). The summed E-state index contributed by atoms with van der Waals surface area (Å²) in [5, 5.41) is 15.7. The van der Waals surface area contributed by atoms with Gasteiger partial charge in [-0.25, -0.2) is 4.79 Å². The molecule has 8 heteroatoms. The van der Waals surface area contributed by atoms with Crippen LogP contribution in [-0.2, 0) is 20.9 Å². The quantitative estimate of drug-likeness (QED) is 0.274. The lowest BCUT2D eigenvalue weighted by atomic mass is 9.98. The highest BCUT2D eigenvalue weighted by Gasteiger charge is 2.36. The van der Waals surface area contributed by atoms with Crippen molar-refractivity contribution in [1.29, 1.82) is 0 Å². The van der Waals surface area contributed by atoms with Crippen LogP contribution in [0, 0.1) is 13.8 Å². The third kappa shape index (κ3) is 11.0. The lowest BCUT2D eigenvalue weighted by Crippen LogP contribution is -2.54. The summed E-state index contributed by atoms with van der Waals surface area (Å²) in [6.07, 6.45) is 3.97. The molecule has 2 aromatic rings. The molecule has 3 amide bonds. The minimum absolute atomic E-state index is 0.297. The second kappa shape index (κ2) is 16.0. The highest BCUT2D eigenvalue weighted by molar-refractivity contribution is 5.92. The van der Waals surface area contributed by atoms with Crippen LogP contribution in [0.25, 0.3) is 0 Å². The minimum Gasteiger partial charge on any atom is -0.444 e. The van der Waals surface area contributed by atoms with Crippen molar-refractivity contribution in [3.63, 3.8) is 0 Å². The molecule has 2 atom stereocenters. The molecule has 3 N–H and O–H groups in total. The first kappa shape index (κ1) is 32.8. The van der Waals surface area contributed by atoms with Gasteiger partial charge in [-0.3, -0.25) is 9.59 Å². The van der Waals surface area contributed by atoms with Crippen molar-refractivity contribution < 1.29 is 24.2 Å². The summed E-state index contributed by atoms with van der Waals surface area (Å²) in [4.78, 5) is 41.9. The molecule has 2 aromatic carbocycles. The molecule has 2 unspecified atom stereocenters. The largest absolute Gasteiger partial charge is 0.444 e. The first-order valence-corrected chi connectivity index (χ1v) is 14.3. The SMILES string of the molecule is CCCCCCCN(C(=O)C(CO)NC(=O)OC(C)(C)C)C(C(=O)NCc1ccccc1)c1cc(C)cc(C)c1. The maximum absolute atomic E-state index is 14.0. The van der Waals surface area contributed by atoms with E-state index in [1.807, 2.05) is 62.4 Å². The van der Waals surface area contributed by atoms with Crippen molar-refractivity contribution in [1.82, 2.24) is 15.5 Å². The number of hydrogen-bond acceptors (Lipinski definition) is 5. The van der Waals surface area contributed by atoms with Gasteiger partial charge in [0.2, 0.25) is 11.8 Å². The zero-order chi connectivity index (χ0) is 29.7. The minimum atomic E-state index is -1.26. The van der Waals surface area contributed by atoms with Gasteiger partial charge in [-0.1, -0.05) is 92.3 Å². The van der Waals surface area contributed by atoms with Crippen LogP contribution in [0.5, 0.6) is 0 Å². The highest BCUT2D eigenvalue weighted by Crippen LogP contribution is 2.26. The fraction of sp³-hybridized carbons (Fsp3) is 0.531. The Morgan fingerprint density at radius 1 is 0.950 bits per heavy atom. The van der Waals surface area contributed by atoms with E-state index in [9.17, 15) is 19.5 Å². The van der Waals surface area contributed by atoms with Gasteiger partial charge in [-0.2, -0.15) is 0 Å². The predicted octanol–water partition coefficient (Wildman–Crippen LogP) is 5.35. The van der Waals surface area contributed by atoms with E-state index in [4.69, 9.17) is 4.74 Å². The molecule has 0 spiro atoms. The van der Waals surface area contributed by atoms with Crippen molar-refractivity contribution >= 4 is 17.9 Å². The number of carbonyl (C=O) groups is 3. The standard InChI is InChI=1S/C32H47N3O5/c1-7-8-9-10-14-17-35(30(38)27(22-36)34-31(39)40-32(4,5)6)28(26-19-23(2)18-24(3)20-26)29(37)33-21-25-15-12-11-13-16-25/h11-13,15-16,18-20,27-28,36H,7-10,14,17,21-22H2,1-6H3,(H,33,37)(H,34,39). The van der Waals surface area contributed by atoms with Gasteiger partial charge in [-0.05, 0) is 52.2 Å². The van der Waals surface area contributed by atoms with Crippen molar-refractivity contribution in [3.8, 4) is 0 Å². The van der Waals surface area contributed by atoms with Gasteiger partial charge in [0.15, 0.2) is 0 Å². The van der Waals surface area contributed by atoms with Gasteiger partial charge < -0.3 is 25.4 Å². The van der Waals surface area contributed by atoms with Crippen LogP contribution in [-0.4, -0.2) is 52.7 Å². The first-order valence-electron chi connectivity index (χ1n) is 14.3. The Hall–Kier alpha value is -3.39. The van der Waals surface area contributed by atoms with Crippen LogP contribution in [0.4, 0.5) is 4.79 Å². The summed E-state index contributed by atoms with van der Waals surface area (Å²) in [6, 6.07) is 13.2. The molecular formula is C32H47N3O5. The summed E-state index contributed by atoms with van der Waals surface area (Å²) >= 11 is 0. The van der Waals surface area contributed by atoms with E-state index < -0.39 is 36.3 Å². The number of aryl methyl sites for hydroxylation is 2. The monoisotopic (exact) mass is 553 g/mol. The Morgan fingerprint density at radius 2 is 1.57 bits per heavy atom. The molecule has 0 aromatic heterocycles. The zero-order valence-corrected chi connectivity index (χ0v) is 25.0. The van der Waals surface area contributed by atoms with E-state index in [0.29, 0.717) is 25.1 Å². The van der Waals surface area contributed by atoms with Crippen molar-refractivity contribution in [3.05, 3.63) is 70.8 Å². The molecule has 0 saturated heterocycles. The number of nitrogens with zero attached hydrogens (tertiary/aromatic N) is 1. The molecule has 0 aliphatic heterocycles. The lowest BCUT2D eigenvalue weighted by molar-refractivity contribution is -0.143. The van der Waals surface area contributed by atoms with Gasteiger partial charge >= 0.3 is 6.09 Å². The number of hydrogen-bond donors (Lipinski definition) is 3. The number of benzene rings is 2. The summed E-state index contributed by atoms with van der Waals surface area (Å²) < 4.78 is 5.33. The Balaban J connectivity index is 2.44. The Bertz CT molecular complexity index is 1080. The Kier molecular flexibility index (Phi) is 13.1. The fourth-order valence-electron chi connectivity index (χ4n) is 4.61. The molecule has 0 aliphatic rings. The molecule has 0 fully saturated rings. The number of rotatable bonds is 14. The van der Waals surface area contributed by atoms with Crippen LogP contribution >= 0.6 is 0 Å². The third-order valence-electron chi connectivity index (χ3n) is 6.39. The molecule has 0 bridgehead atoms. The second-order valence-electron chi connectivity index (χ2n) is 11.4. The van der Waals surface area contributed by atoms with Gasteiger partial charge in [-0.15, -0.1) is 0 Å². The van der Waals surface area contributed by atoms with E-state index in [1.54, 1.807) is 20.8 Å². The van der Waals surface area contributed by atoms with Crippen molar-refractivity contribution in [2.75, 3.05) is 13.2 Å². The average molecular weight is 554 g/mol. The number of alkyl carbamates (subject to hydrolysis) is 1. The van der Waals surface area contributed by atoms with Gasteiger partial charge in [0.25, 0.3) is 0 Å². The van der Waals surface area contributed by atoms with Gasteiger partial charge in [0.1, 0.15) is 17.7 Å². The third-order valence-corrected chi connectivity index (χ3v) is 6.39. The number of unbranched alkanes of at least 4 members (excludes halogenated alkanes) is 4. The fourth-order valence-corrected chi connectivity index (χ4v) is 4.61. The highest BCUT2D eigenvalue weighted by atomic mass is 16.6. The van der Waals surface area contributed by atoms with E-state index >= 15 is 0 Å². The second-order valence-corrected chi connectivity index (χ2v) is 11.4. The van der Waals surface area contributed by atoms with Crippen LogP contribution in [0.2, 0.25) is 0 Å². The Labute approximate surface area is 239 Å². The predicted molar refractivity (Wildman–Crippen MR) is 158 cm³/mol. The number of aliphatic hydroxyl groups excluding tert-OH is 1. The molecule has 0 heterocycles. The molecule has 220 valence electrons. The van der Waals surface area contributed by atoms with Gasteiger partial charge in [0.05, 0.1) is 6.61 Å². The van der Waals surface area contributed by atoms with Crippen LogP contribution in [0.1, 0.15) is 88.1 Å². The van der Waals surface area contributed by atoms with Gasteiger partial charge in [0, 0.05) is 13.1 Å². The van der Waals surface area contributed by atoms with E-state index in [0.717, 1.165) is 42.4 Å². The van der Waals surface area contributed by atoms with E-state index in [-0.39, 0.29) is 5.91 Å². The number of amides is 3. The number of carbonyl (C=O) groups excluding carboxylic acids is 3. The smallest absolute Gasteiger partial charge is 0.408 e. The summed E-state index contributed by atoms with van der Waals surface area (Å²) in [6.45, 7) is 11.2. The first-order chi connectivity index (χ1) is 18.9. The van der Waals surface area contributed by atoms with Crippen LogP contribution in [0.15, 0.2) is 48.5 Å². The maximum atomic E-state index is 14.0. The molecule has 0 saturated carbocycles. The molecule has 40 heavy (non-hydrogen) atoms. The normalized spacial score (nSPS) is 12.8. The molecule has 0 aliphatic carbocycles. The lowest BCUT2D eigenvalue weighted by Gasteiger charge is -2.34. The summed E-state index contributed by atoms with van der Waals surface area (Å²) in [5.74, 6) is -0.868. The van der Waals surface area contributed by atoms with E-state index in [2.05, 4.69) is 17.6 Å². The summed E-state index contributed by atoms with van der Waals surface area (Å²) in [7, 11) is 0. The van der Waals surface area contributed by atoms with Crippen molar-refractivity contribution in [2.24, 2.45) is 0 Å². The molecular weight excluding hydrogens is 506 g/mol. The topological polar surface area (TPSA) is 108 Å². The van der Waals surface area contributed by atoms with Crippen LogP contribution < -0.4 is 10.6 Å². The van der Waals surface area contributed by atoms with Crippen molar-refractivity contribution in [2.45, 2.75) is 97.9 Å². The summed E-state index contributed by atoms with van der Waals surface area (Å²) in [5.41, 5.74) is 2.78. The average Bonchev–Trinajstić information content (AvgIpc) is 2.88. The maximum Gasteiger partial charge on any atom is 0.408 e. The van der Waals surface area contributed by atoms with E-state index in [1.165, 1.54) is 4.90 Å².